The molecule has 0 radical (unpaired) electrons. The molecule has 8 heteroatoms. The molecular formula is C44H64Cl2N2O4-2. The van der Waals surface area contributed by atoms with E-state index in [0.29, 0.717) is 41.0 Å². The summed E-state index contributed by atoms with van der Waals surface area (Å²) in [5.74, 6) is 0.181. The van der Waals surface area contributed by atoms with E-state index in [1.807, 2.05) is 24.3 Å². The zero-order valence-electron chi connectivity index (χ0n) is 33.0. The van der Waals surface area contributed by atoms with Gasteiger partial charge in [-0.25, -0.2) is 0 Å². The second-order valence-electron chi connectivity index (χ2n) is 16.4. The first-order chi connectivity index (χ1) is 23.8. The summed E-state index contributed by atoms with van der Waals surface area (Å²) in [5.41, 5.74) is 6.19. The van der Waals surface area contributed by atoms with Gasteiger partial charge in [-0.05, 0) is 170 Å². The van der Waals surface area contributed by atoms with Crippen molar-refractivity contribution in [2.45, 2.75) is 107 Å². The minimum Gasteiger partial charge on any atom is -0.545 e. The van der Waals surface area contributed by atoms with Crippen LogP contribution in [0.15, 0.2) is 36.4 Å². The van der Waals surface area contributed by atoms with Crippen LogP contribution in [0.1, 0.15) is 126 Å². The van der Waals surface area contributed by atoms with Crippen molar-refractivity contribution >= 4 is 47.5 Å². The molecule has 0 N–H and O–H groups in total. The fourth-order valence-corrected chi connectivity index (χ4v) is 7.46. The van der Waals surface area contributed by atoms with E-state index in [4.69, 9.17) is 0 Å². The molecule has 0 aliphatic heterocycles. The zero-order valence-corrected chi connectivity index (χ0v) is 34.6. The van der Waals surface area contributed by atoms with Crippen molar-refractivity contribution in [1.82, 2.24) is 9.80 Å². The molecule has 0 bridgehead atoms. The summed E-state index contributed by atoms with van der Waals surface area (Å²) in [6, 6.07) is 11.0. The molecule has 3 aromatic carbocycles. The van der Waals surface area contributed by atoms with Gasteiger partial charge in [-0.3, -0.25) is 0 Å². The molecule has 0 unspecified atom stereocenters. The Hall–Kier alpha value is -2.64. The number of carboxylic acids is 2. The van der Waals surface area contributed by atoms with E-state index >= 15 is 0 Å². The van der Waals surface area contributed by atoms with Gasteiger partial charge >= 0.3 is 0 Å². The van der Waals surface area contributed by atoms with Crippen molar-refractivity contribution in [3.05, 3.63) is 58.7 Å². The molecule has 0 saturated heterocycles. The van der Waals surface area contributed by atoms with Crippen molar-refractivity contribution in [1.29, 1.82) is 0 Å². The third kappa shape index (κ3) is 11.9. The number of rotatable bonds is 22. The number of hydrogen-bond donors (Lipinski definition) is 0. The standard InChI is InChI=1S/C44H64N2O4.2ClH/c1-29(2)18-24-45(25-19-30(3)4)22-10-14-34-35(15-11-23-46(26-20-31(5)6)27-21-32(7)8)42(44(49)50)38-13-9-12-36-39-28-33(43(47)48)16-17-37(39)40(34)41(36)38;;/h9,12-13,16-17,28-32H,10-11,14-15,18-27H2,1-8H3,(H,47,48)(H,49,50);2*1H/p-2. The predicted octanol–water partition coefficient (Wildman–Crippen LogP) is 8.71. The van der Waals surface area contributed by atoms with Gasteiger partial charge in [-0.2, -0.15) is 0 Å². The monoisotopic (exact) mass is 754 g/mol. The molecule has 0 amide bonds. The lowest BCUT2D eigenvalue weighted by molar-refractivity contribution is -0.256. The number of carbonyl (C=O) groups excluding carboxylic acids is 2. The SMILES string of the molecule is CC(C)CCN(CCCc1c(CCCN(CCC(C)C)CCC(C)C)c2c3c(cccc3c1C(=O)[O-])-c1cc(C(=O)[O-])ccc1-2)CCC(C)C.Cl.Cl. The Morgan fingerprint density at radius 3 is 1.50 bits per heavy atom. The summed E-state index contributed by atoms with van der Waals surface area (Å²) in [7, 11) is 0. The molecule has 6 nitrogen and oxygen atoms in total. The van der Waals surface area contributed by atoms with Crippen LogP contribution in [0.2, 0.25) is 0 Å². The predicted molar refractivity (Wildman–Crippen MR) is 219 cm³/mol. The number of benzene rings is 3. The quantitative estimate of drug-likeness (QED) is 0.0798. The van der Waals surface area contributed by atoms with Crippen molar-refractivity contribution in [2.24, 2.45) is 23.7 Å². The van der Waals surface area contributed by atoms with Crippen LogP contribution in [0.5, 0.6) is 0 Å². The smallest absolute Gasteiger partial charge is 0.0724 e. The Balaban J connectivity index is 0.00000468. The largest absolute Gasteiger partial charge is 0.545 e. The van der Waals surface area contributed by atoms with E-state index in [2.05, 4.69) is 65.2 Å². The lowest BCUT2D eigenvalue weighted by Crippen LogP contribution is -2.30. The van der Waals surface area contributed by atoms with Crippen LogP contribution in [0.4, 0.5) is 0 Å². The lowest BCUT2D eigenvalue weighted by Gasteiger charge is -2.27. The number of nitrogens with zero attached hydrogens (tertiary/aromatic N) is 2. The first kappa shape index (κ1) is 45.5. The molecule has 0 aromatic heterocycles. The van der Waals surface area contributed by atoms with Crippen LogP contribution >= 0.6 is 24.8 Å². The van der Waals surface area contributed by atoms with E-state index < -0.39 is 11.9 Å². The summed E-state index contributed by atoms with van der Waals surface area (Å²) < 4.78 is 0. The summed E-state index contributed by atoms with van der Waals surface area (Å²) in [5, 5.41) is 26.7. The molecule has 0 atom stereocenters. The van der Waals surface area contributed by atoms with E-state index in [1.54, 1.807) is 12.1 Å². The molecule has 0 saturated carbocycles. The third-order valence-electron chi connectivity index (χ3n) is 10.5. The van der Waals surface area contributed by atoms with Crippen LogP contribution < -0.4 is 10.2 Å². The molecule has 3 aromatic rings. The maximum atomic E-state index is 13.2. The molecule has 1 aliphatic carbocycles. The van der Waals surface area contributed by atoms with Gasteiger partial charge in [0.25, 0.3) is 0 Å². The van der Waals surface area contributed by atoms with Crippen molar-refractivity contribution < 1.29 is 19.8 Å². The minimum absolute atomic E-state index is 0. The normalized spacial score (nSPS) is 12.0. The summed E-state index contributed by atoms with van der Waals surface area (Å²) in [6.45, 7) is 24.3. The van der Waals surface area contributed by atoms with Gasteiger partial charge in [-0.1, -0.05) is 85.7 Å². The van der Waals surface area contributed by atoms with Gasteiger partial charge in [-0.15, -0.1) is 24.8 Å². The van der Waals surface area contributed by atoms with E-state index in [9.17, 15) is 19.8 Å². The number of fused-ring (bicyclic) bond motifs is 3. The average molecular weight is 756 g/mol. The Bertz CT molecular complexity index is 1590. The number of hydrogen-bond acceptors (Lipinski definition) is 6. The van der Waals surface area contributed by atoms with Crippen LogP contribution in [0, 0.1) is 23.7 Å². The van der Waals surface area contributed by atoms with Gasteiger partial charge < -0.3 is 29.6 Å². The second-order valence-corrected chi connectivity index (χ2v) is 16.4. The number of halogens is 2. The highest BCUT2D eigenvalue weighted by atomic mass is 35.5. The van der Waals surface area contributed by atoms with Crippen LogP contribution in [0.3, 0.4) is 0 Å². The number of carbonyl (C=O) groups is 2. The van der Waals surface area contributed by atoms with Gasteiger partial charge in [0, 0.05) is 5.56 Å². The molecule has 0 heterocycles. The fraction of sp³-hybridized carbons (Fsp3) is 0.591. The fourth-order valence-electron chi connectivity index (χ4n) is 7.46. The minimum atomic E-state index is -1.21. The highest BCUT2D eigenvalue weighted by Gasteiger charge is 2.29. The molecule has 4 rings (SSSR count). The second kappa shape index (κ2) is 21.3. The zero-order chi connectivity index (χ0) is 36.5. The van der Waals surface area contributed by atoms with E-state index in [0.717, 1.165) is 123 Å². The molecule has 0 spiro atoms. The Labute approximate surface area is 326 Å². The Kier molecular flexibility index (Phi) is 18.6. The van der Waals surface area contributed by atoms with Crippen molar-refractivity contribution in [3.8, 4) is 22.3 Å². The van der Waals surface area contributed by atoms with Crippen LogP contribution in [-0.4, -0.2) is 61.0 Å². The van der Waals surface area contributed by atoms with Crippen molar-refractivity contribution in [3.63, 3.8) is 0 Å². The summed E-state index contributed by atoms with van der Waals surface area (Å²) in [4.78, 5) is 30.2. The highest BCUT2D eigenvalue weighted by molar-refractivity contribution is 6.21. The topological polar surface area (TPSA) is 86.7 Å². The molecular weight excluding hydrogens is 691 g/mol. The van der Waals surface area contributed by atoms with Crippen LogP contribution in [0.25, 0.3) is 33.0 Å². The maximum Gasteiger partial charge on any atom is 0.0724 e. The molecule has 0 fully saturated rings. The molecule has 52 heavy (non-hydrogen) atoms. The van der Waals surface area contributed by atoms with E-state index in [-0.39, 0.29) is 30.4 Å². The highest BCUT2D eigenvalue weighted by Crippen LogP contribution is 2.51. The van der Waals surface area contributed by atoms with Gasteiger partial charge in [0.2, 0.25) is 0 Å². The van der Waals surface area contributed by atoms with Gasteiger partial charge in [0.15, 0.2) is 0 Å². The number of aromatic carboxylic acids is 2. The summed E-state index contributed by atoms with van der Waals surface area (Å²) in [6.07, 6.45) is 7.78. The van der Waals surface area contributed by atoms with Gasteiger partial charge in [0.1, 0.15) is 0 Å². The lowest BCUT2D eigenvalue weighted by atomic mass is 9.84. The molecule has 290 valence electrons. The Morgan fingerprint density at radius 1 is 0.577 bits per heavy atom. The van der Waals surface area contributed by atoms with Crippen LogP contribution in [-0.2, 0) is 12.8 Å². The third-order valence-corrected chi connectivity index (χ3v) is 10.5. The van der Waals surface area contributed by atoms with E-state index in [1.165, 1.54) is 0 Å². The summed E-state index contributed by atoms with van der Waals surface area (Å²) >= 11 is 0. The first-order valence-electron chi connectivity index (χ1n) is 19.4. The number of carboxylic acid groups (broad SMARTS) is 2. The molecule has 1 aliphatic rings. The average Bonchev–Trinajstić information content (AvgIpc) is 3.38. The van der Waals surface area contributed by atoms with Gasteiger partial charge in [0.05, 0.1) is 11.9 Å². The first-order valence-corrected chi connectivity index (χ1v) is 19.4. The Morgan fingerprint density at radius 2 is 1.06 bits per heavy atom. The van der Waals surface area contributed by atoms with Crippen molar-refractivity contribution in [2.75, 3.05) is 39.3 Å². The maximum absolute atomic E-state index is 13.2.